The van der Waals surface area contributed by atoms with Gasteiger partial charge >= 0.3 is 0 Å². The lowest BCUT2D eigenvalue weighted by Gasteiger charge is -2.15. The Morgan fingerprint density at radius 1 is 1.46 bits per heavy atom. The van der Waals surface area contributed by atoms with Crippen molar-refractivity contribution in [3.63, 3.8) is 0 Å². The average Bonchev–Trinajstić information content (AvgIpc) is 2.98. The second-order valence-electron chi connectivity index (χ2n) is 5.27. The summed E-state index contributed by atoms with van der Waals surface area (Å²) in [6.07, 6.45) is 2.56. The van der Waals surface area contributed by atoms with E-state index in [-0.39, 0.29) is 11.2 Å². The van der Waals surface area contributed by atoms with E-state index < -0.39 is 0 Å². The molecule has 2 rings (SSSR count). The largest absolute Gasteiger partial charge is 0.383 e. The normalized spacial score (nSPS) is 11.6. The van der Waals surface area contributed by atoms with Gasteiger partial charge in [-0.15, -0.1) is 10.2 Å². The zero-order chi connectivity index (χ0) is 17.5. The van der Waals surface area contributed by atoms with E-state index in [1.165, 1.54) is 11.8 Å². The first-order chi connectivity index (χ1) is 11.5. The molecule has 0 radical (unpaired) electrons. The lowest BCUT2D eigenvalue weighted by molar-refractivity contribution is -0.115. The number of carbonyl (C=O) groups excluding carboxylic acids is 1. The maximum Gasteiger partial charge on any atom is 0.237 e. The number of rotatable bonds is 7. The van der Waals surface area contributed by atoms with Crippen LogP contribution in [0.4, 0.5) is 11.4 Å². The second-order valence-corrected chi connectivity index (χ2v) is 6.58. The van der Waals surface area contributed by atoms with Crippen molar-refractivity contribution in [2.45, 2.75) is 30.7 Å². The van der Waals surface area contributed by atoms with Crippen molar-refractivity contribution in [3.8, 4) is 6.07 Å². The molecule has 126 valence electrons. The maximum absolute atomic E-state index is 12.5. The standard InChI is InChI=1S/C16H20N6OS/c1-4-7-18-13-6-5-12(9-17)8-14(13)20-15(23)11(2)24-16-21-19-10-22(16)3/h5-6,8,10-11,18H,4,7H2,1-3H3,(H,20,23)/t11-/m1/s1. The molecule has 1 heterocycles. The molecule has 0 aliphatic rings. The summed E-state index contributed by atoms with van der Waals surface area (Å²) in [5, 5.41) is 23.3. The Kier molecular flexibility index (Phi) is 6.21. The number of carbonyl (C=O) groups is 1. The molecule has 1 atom stereocenters. The third-order valence-electron chi connectivity index (χ3n) is 3.29. The van der Waals surface area contributed by atoms with Crippen molar-refractivity contribution < 1.29 is 4.79 Å². The molecule has 0 saturated heterocycles. The summed E-state index contributed by atoms with van der Waals surface area (Å²) in [7, 11) is 1.83. The van der Waals surface area contributed by atoms with Crippen LogP contribution in [0.1, 0.15) is 25.8 Å². The van der Waals surface area contributed by atoms with E-state index in [1.54, 1.807) is 23.0 Å². The first-order valence-electron chi connectivity index (χ1n) is 7.64. The highest BCUT2D eigenvalue weighted by molar-refractivity contribution is 8.00. The molecule has 2 aromatic rings. The van der Waals surface area contributed by atoms with Gasteiger partial charge in [0.1, 0.15) is 6.33 Å². The van der Waals surface area contributed by atoms with Gasteiger partial charge in [-0.3, -0.25) is 4.79 Å². The summed E-state index contributed by atoms with van der Waals surface area (Å²) in [5.74, 6) is -0.155. The number of nitriles is 1. The molecule has 0 fully saturated rings. The number of nitrogens with one attached hydrogen (secondary N) is 2. The van der Waals surface area contributed by atoms with Crippen LogP contribution in [0.5, 0.6) is 0 Å². The minimum absolute atomic E-state index is 0.155. The predicted octanol–water partition coefficient (Wildman–Crippen LogP) is 2.63. The Morgan fingerprint density at radius 2 is 2.25 bits per heavy atom. The van der Waals surface area contributed by atoms with Crippen molar-refractivity contribution >= 4 is 29.0 Å². The van der Waals surface area contributed by atoms with Gasteiger partial charge in [-0.25, -0.2) is 0 Å². The first kappa shape index (κ1) is 17.8. The zero-order valence-electron chi connectivity index (χ0n) is 13.9. The highest BCUT2D eigenvalue weighted by atomic mass is 32.2. The summed E-state index contributed by atoms with van der Waals surface area (Å²) < 4.78 is 1.76. The molecule has 0 aliphatic heterocycles. The predicted molar refractivity (Wildman–Crippen MR) is 94.9 cm³/mol. The van der Waals surface area contributed by atoms with Gasteiger partial charge in [0.2, 0.25) is 5.91 Å². The van der Waals surface area contributed by atoms with Gasteiger partial charge in [-0.05, 0) is 31.5 Å². The number of nitrogens with zero attached hydrogens (tertiary/aromatic N) is 4. The van der Waals surface area contributed by atoms with Crippen LogP contribution in [0, 0.1) is 11.3 Å². The number of amides is 1. The third-order valence-corrected chi connectivity index (χ3v) is 4.44. The van der Waals surface area contributed by atoms with Crippen LogP contribution in [-0.4, -0.2) is 32.5 Å². The number of thioether (sulfide) groups is 1. The van der Waals surface area contributed by atoms with Crippen molar-refractivity contribution in [2.24, 2.45) is 7.05 Å². The molecule has 0 aliphatic carbocycles. The van der Waals surface area contributed by atoms with Crippen molar-refractivity contribution in [3.05, 3.63) is 30.1 Å². The zero-order valence-corrected chi connectivity index (χ0v) is 14.7. The van der Waals surface area contributed by atoms with Crippen LogP contribution in [0.3, 0.4) is 0 Å². The molecule has 2 N–H and O–H groups in total. The molecule has 1 aromatic carbocycles. The highest BCUT2D eigenvalue weighted by Gasteiger charge is 2.18. The molecular formula is C16H20N6OS. The van der Waals surface area contributed by atoms with E-state index in [0.717, 1.165) is 18.7 Å². The van der Waals surface area contributed by atoms with Gasteiger partial charge in [0.25, 0.3) is 0 Å². The Morgan fingerprint density at radius 3 is 2.88 bits per heavy atom. The van der Waals surface area contributed by atoms with E-state index in [0.29, 0.717) is 16.4 Å². The van der Waals surface area contributed by atoms with Gasteiger partial charge < -0.3 is 15.2 Å². The van der Waals surface area contributed by atoms with Gasteiger partial charge in [-0.2, -0.15) is 5.26 Å². The number of anilines is 2. The Bertz CT molecular complexity index is 751. The fourth-order valence-electron chi connectivity index (χ4n) is 1.96. The molecule has 7 nitrogen and oxygen atoms in total. The third kappa shape index (κ3) is 4.49. The second kappa shape index (κ2) is 8.36. The summed E-state index contributed by atoms with van der Waals surface area (Å²) in [6.45, 7) is 4.66. The quantitative estimate of drug-likeness (QED) is 0.750. The van der Waals surface area contributed by atoms with E-state index in [4.69, 9.17) is 5.26 Å². The van der Waals surface area contributed by atoms with Gasteiger partial charge in [0.15, 0.2) is 5.16 Å². The lowest BCUT2D eigenvalue weighted by Crippen LogP contribution is -2.23. The summed E-state index contributed by atoms with van der Waals surface area (Å²) >= 11 is 1.33. The number of aromatic nitrogens is 3. The number of benzene rings is 1. The fraction of sp³-hybridized carbons (Fsp3) is 0.375. The summed E-state index contributed by atoms with van der Waals surface area (Å²) in [6, 6.07) is 7.30. The molecule has 0 bridgehead atoms. The topological polar surface area (TPSA) is 95.6 Å². The van der Waals surface area contributed by atoms with Crippen molar-refractivity contribution in [1.29, 1.82) is 5.26 Å². The molecule has 1 amide bonds. The van der Waals surface area contributed by atoms with Crippen molar-refractivity contribution in [1.82, 2.24) is 14.8 Å². The van der Waals surface area contributed by atoms with Crippen LogP contribution in [0.25, 0.3) is 0 Å². The molecule has 0 spiro atoms. The van der Waals surface area contributed by atoms with E-state index >= 15 is 0 Å². The lowest BCUT2D eigenvalue weighted by atomic mass is 10.1. The highest BCUT2D eigenvalue weighted by Crippen LogP contribution is 2.26. The number of hydrogen-bond donors (Lipinski definition) is 2. The van der Waals surface area contributed by atoms with Crippen molar-refractivity contribution in [2.75, 3.05) is 17.2 Å². The average molecular weight is 344 g/mol. The van der Waals surface area contributed by atoms with Crippen LogP contribution < -0.4 is 10.6 Å². The Labute approximate surface area is 145 Å². The molecule has 8 heteroatoms. The number of aryl methyl sites for hydroxylation is 1. The molecule has 24 heavy (non-hydrogen) atoms. The van der Waals surface area contributed by atoms with Gasteiger partial charge in [0.05, 0.1) is 28.3 Å². The molecule has 0 saturated carbocycles. The van der Waals surface area contributed by atoms with Crippen LogP contribution in [0.15, 0.2) is 29.7 Å². The molecule has 1 aromatic heterocycles. The monoisotopic (exact) mass is 344 g/mol. The van der Waals surface area contributed by atoms with Gasteiger partial charge in [-0.1, -0.05) is 18.7 Å². The summed E-state index contributed by atoms with van der Waals surface area (Å²) in [4.78, 5) is 12.5. The van der Waals surface area contributed by atoms with Gasteiger partial charge in [0, 0.05) is 13.6 Å². The SMILES string of the molecule is CCCNc1ccc(C#N)cc1NC(=O)[C@@H](C)Sc1nncn1C. The van der Waals surface area contributed by atoms with Crippen LogP contribution in [0.2, 0.25) is 0 Å². The smallest absolute Gasteiger partial charge is 0.237 e. The minimum Gasteiger partial charge on any atom is -0.383 e. The maximum atomic E-state index is 12.5. The summed E-state index contributed by atoms with van der Waals surface area (Å²) in [5.41, 5.74) is 1.92. The molecular weight excluding hydrogens is 324 g/mol. The Hall–Kier alpha value is -2.53. The first-order valence-corrected chi connectivity index (χ1v) is 8.52. The van der Waals surface area contributed by atoms with Crippen LogP contribution >= 0.6 is 11.8 Å². The number of hydrogen-bond acceptors (Lipinski definition) is 6. The van der Waals surface area contributed by atoms with E-state index in [9.17, 15) is 4.79 Å². The van der Waals surface area contributed by atoms with E-state index in [2.05, 4.69) is 33.8 Å². The fourth-order valence-corrected chi connectivity index (χ4v) is 2.75. The van der Waals surface area contributed by atoms with E-state index in [1.807, 2.05) is 20.0 Å². The van der Waals surface area contributed by atoms with Crippen LogP contribution in [-0.2, 0) is 11.8 Å². The molecule has 0 unspecified atom stereocenters. The minimum atomic E-state index is -0.349. The Balaban J connectivity index is 2.11.